The molecule has 0 aliphatic heterocycles. The smallest absolute Gasteiger partial charge is 0.244 e. The van der Waals surface area contributed by atoms with E-state index in [1.165, 1.54) is 33.2 Å². The van der Waals surface area contributed by atoms with Gasteiger partial charge in [0.1, 0.15) is 6.54 Å². The fourth-order valence-corrected chi connectivity index (χ4v) is 2.68. The van der Waals surface area contributed by atoms with Crippen LogP contribution in [0.1, 0.15) is 12.5 Å². The predicted octanol–water partition coefficient (Wildman–Crippen LogP) is 3.01. The molecule has 2 aromatic rings. The van der Waals surface area contributed by atoms with E-state index in [4.69, 9.17) is 14.2 Å². The molecular formula is C20H24N2O5. The van der Waals surface area contributed by atoms with Gasteiger partial charge in [-0.05, 0) is 24.6 Å². The van der Waals surface area contributed by atoms with Crippen molar-refractivity contribution in [1.82, 2.24) is 0 Å². The number of amides is 2. The summed E-state index contributed by atoms with van der Waals surface area (Å²) in [6, 6.07) is 10.7. The van der Waals surface area contributed by atoms with Gasteiger partial charge in [0.15, 0.2) is 11.5 Å². The summed E-state index contributed by atoms with van der Waals surface area (Å²) in [4.78, 5) is 26.0. The first-order valence-corrected chi connectivity index (χ1v) is 8.34. The molecule has 0 atom stereocenters. The minimum absolute atomic E-state index is 0.116. The normalized spacial score (nSPS) is 10.1. The Hall–Kier alpha value is -3.22. The second-order valence-electron chi connectivity index (χ2n) is 5.91. The molecule has 144 valence electrons. The second-order valence-corrected chi connectivity index (χ2v) is 5.91. The molecule has 0 aliphatic carbocycles. The molecule has 7 heteroatoms. The number of hydrogen-bond acceptors (Lipinski definition) is 5. The molecule has 0 bridgehead atoms. The van der Waals surface area contributed by atoms with Crippen LogP contribution in [0.2, 0.25) is 0 Å². The molecule has 0 aromatic heterocycles. The number of benzene rings is 2. The van der Waals surface area contributed by atoms with E-state index in [1.807, 2.05) is 25.1 Å². The number of aryl methyl sites for hydroxylation is 1. The van der Waals surface area contributed by atoms with Crippen molar-refractivity contribution in [3.8, 4) is 17.2 Å². The summed E-state index contributed by atoms with van der Waals surface area (Å²) >= 11 is 0. The third-order valence-corrected chi connectivity index (χ3v) is 3.94. The number of methoxy groups -OCH3 is 3. The molecule has 0 unspecified atom stereocenters. The fourth-order valence-electron chi connectivity index (χ4n) is 2.68. The van der Waals surface area contributed by atoms with Crippen LogP contribution >= 0.6 is 0 Å². The first-order valence-electron chi connectivity index (χ1n) is 8.34. The van der Waals surface area contributed by atoms with Crippen LogP contribution in [0.5, 0.6) is 17.2 Å². The van der Waals surface area contributed by atoms with Gasteiger partial charge in [0.25, 0.3) is 0 Å². The Morgan fingerprint density at radius 2 is 1.63 bits per heavy atom. The molecule has 2 aromatic carbocycles. The number of carbonyl (C=O) groups excluding carboxylic acids is 2. The average Bonchev–Trinajstić information content (AvgIpc) is 2.64. The van der Waals surface area contributed by atoms with Crippen molar-refractivity contribution in [2.45, 2.75) is 13.8 Å². The van der Waals surface area contributed by atoms with E-state index >= 15 is 0 Å². The van der Waals surface area contributed by atoms with E-state index in [-0.39, 0.29) is 18.4 Å². The van der Waals surface area contributed by atoms with Gasteiger partial charge in [0.05, 0.1) is 21.3 Å². The van der Waals surface area contributed by atoms with Crippen molar-refractivity contribution in [3.63, 3.8) is 0 Å². The number of anilines is 2. The van der Waals surface area contributed by atoms with Crippen molar-refractivity contribution in [3.05, 3.63) is 42.0 Å². The summed E-state index contributed by atoms with van der Waals surface area (Å²) in [7, 11) is 4.50. The highest BCUT2D eigenvalue weighted by Gasteiger charge is 2.18. The van der Waals surface area contributed by atoms with Crippen LogP contribution in [0.25, 0.3) is 0 Å². The lowest BCUT2D eigenvalue weighted by Crippen LogP contribution is -2.36. The highest BCUT2D eigenvalue weighted by Crippen LogP contribution is 2.39. The Kier molecular flexibility index (Phi) is 6.65. The summed E-state index contributed by atoms with van der Waals surface area (Å²) in [6.07, 6.45) is 0. The maximum atomic E-state index is 12.5. The highest BCUT2D eigenvalue weighted by molar-refractivity contribution is 6.02. The van der Waals surface area contributed by atoms with Crippen molar-refractivity contribution in [1.29, 1.82) is 0 Å². The molecule has 2 rings (SSSR count). The van der Waals surface area contributed by atoms with Crippen LogP contribution in [-0.2, 0) is 9.59 Å². The third kappa shape index (κ3) is 4.91. The lowest BCUT2D eigenvalue weighted by atomic mass is 10.2. The Labute approximate surface area is 158 Å². The zero-order valence-electron chi connectivity index (χ0n) is 16.2. The molecule has 0 saturated carbocycles. The van der Waals surface area contributed by atoms with E-state index in [2.05, 4.69) is 5.32 Å². The van der Waals surface area contributed by atoms with Gasteiger partial charge in [-0.1, -0.05) is 12.1 Å². The van der Waals surface area contributed by atoms with Crippen LogP contribution in [0.15, 0.2) is 36.4 Å². The van der Waals surface area contributed by atoms with E-state index in [1.54, 1.807) is 18.2 Å². The molecule has 0 fully saturated rings. The van der Waals surface area contributed by atoms with Gasteiger partial charge in [-0.2, -0.15) is 0 Å². The fraction of sp³-hybridized carbons (Fsp3) is 0.300. The Bertz CT molecular complexity index is 810. The van der Waals surface area contributed by atoms with Crippen LogP contribution in [0, 0.1) is 6.92 Å². The Morgan fingerprint density at radius 1 is 1.00 bits per heavy atom. The highest BCUT2D eigenvalue weighted by atomic mass is 16.5. The van der Waals surface area contributed by atoms with Crippen LogP contribution < -0.4 is 24.4 Å². The second kappa shape index (κ2) is 8.93. The van der Waals surface area contributed by atoms with Crippen LogP contribution in [-0.4, -0.2) is 39.7 Å². The minimum Gasteiger partial charge on any atom is -0.493 e. The number of ether oxygens (including phenoxy) is 3. The number of nitrogens with one attached hydrogen (secondary N) is 1. The average molecular weight is 372 g/mol. The summed E-state index contributed by atoms with van der Waals surface area (Å²) in [5.74, 6) is 0.716. The van der Waals surface area contributed by atoms with Gasteiger partial charge in [-0.15, -0.1) is 0 Å². The Balaban J connectivity index is 2.22. The van der Waals surface area contributed by atoms with E-state index in [9.17, 15) is 9.59 Å². The first kappa shape index (κ1) is 20.1. The largest absolute Gasteiger partial charge is 0.493 e. The van der Waals surface area contributed by atoms with Crippen molar-refractivity contribution in [2.24, 2.45) is 0 Å². The molecule has 0 saturated heterocycles. The van der Waals surface area contributed by atoms with Gasteiger partial charge < -0.3 is 24.4 Å². The molecule has 27 heavy (non-hydrogen) atoms. The lowest BCUT2D eigenvalue weighted by Gasteiger charge is -2.21. The minimum atomic E-state index is -0.346. The monoisotopic (exact) mass is 372 g/mol. The number of rotatable bonds is 7. The maximum Gasteiger partial charge on any atom is 0.244 e. The Morgan fingerprint density at radius 3 is 2.11 bits per heavy atom. The summed E-state index contributed by atoms with van der Waals surface area (Å²) < 4.78 is 15.8. The van der Waals surface area contributed by atoms with Gasteiger partial charge in [-0.3, -0.25) is 9.59 Å². The van der Waals surface area contributed by atoms with E-state index < -0.39 is 0 Å². The van der Waals surface area contributed by atoms with Crippen molar-refractivity contribution in [2.75, 3.05) is 38.1 Å². The molecular weight excluding hydrogens is 348 g/mol. The van der Waals surface area contributed by atoms with Crippen LogP contribution in [0.3, 0.4) is 0 Å². The predicted molar refractivity (Wildman–Crippen MR) is 104 cm³/mol. The lowest BCUT2D eigenvalue weighted by molar-refractivity contribution is -0.120. The number of carbonyl (C=O) groups is 2. The first-order chi connectivity index (χ1) is 12.9. The molecule has 0 heterocycles. The van der Waals surface area contributed by atoms with Crippen LogP contribution in [0.4, 0.5) is 11.4 Å². The molecule has 7 nitrogen and oxygen atoms in total. The molecule has 0 radical (unpaired) electrons. The zero-order valence-corrected chi connectivity index (χ0v) is 16.2. The van der Waals surface area contributed by atoms with E-state index in [0.29, 0.717) is 28.6 Å². The topological polar surface area (TPSA) is 77.1 Å². The summed E-state index contributed by atoms with van der Waals surface area (Å²) in [6.45, 7) is 3.24. The SMILES string of the molecule is COc1cc(NC(=O)CN(C(C)=O)c2cccc(C)c2)cc(OC)c1OC. The maximum absolute atomic E-state index is 12.5. The molecule has 0 aliphatic rings. The quantitative estimate of drug-likeness (QED) is 0.808. The van der Waals surface area contributed by atoms with E-state index in [0.717, 1.165) is 5.56 Å². The molecule has 2 amide bonds. The summed E-state index contributed by atoms with van der Waals surface area (Å²) in [5, 5.41) is 2.76. The molecule has 1 N–H and O–H groups in total. The number of nitrogens with zero attached hydrogens (tertiary/aromatic N) is 1. The van der Waals surface area contributed by atoms with Gasteiger partial charge >= 0.3 is 0 Å². The third-order valence-electron chi connectivity index (χ3n) is 3.94. The standard InChI is InChI=1S/C20H24N2O5/c1-13-7-6-8-16(9-13)22(14(2)23)12-19(24)21-15-10-17(25-3)20(27-5)18(11-15)26-4/h6-11H,12H2,1-5H3,(H,21,24). The van der Waals surface area contributed by atoms with Gasteiger partial charge in [0, 0.05) is 30.4 Å². The van der Waals surface area contributed by atoms with Gasteiger partial charge in [-0.25, -0.2) is 0 Å². The van der Waals surface area contributed by atoms with Crippen molar-refractivity contribution < 1.29 is 23.8 Å². The van der Waals surface area contributed by atoms with Crippen molar-refractivity contribution >= 4 is 23.2 Å². The number of hydrogen-bond donors (Lipinski definition) is 1. The summed E-state index contributed by atoms with van der Waals surface area (Å²) in [5.41, 5.74) is 2.15. The molecule has 0 spiro atoms. The zero-order chi connectivity index (χ0) is 20.0. The van der Waals surface area contributed by atoms with Gasteiger partial charge in [0.2, 0.25) is 17.6 Å².